The van der Waals surface area contributed by atoms with Gasteiger partial charge in [-0.05, 0) is 31.2 Å². The van der Waals surface area contributed by atoms with Crippen LogP contribution in [0.5, 0.6) is 5.75 Å². The lowest BCUT2D eigenvalue weighted by atomic mass is 10.3. The van der Waals surface area contributed by atoms with E-state index < -0.39 is 11.2 Å². The van der Waals surface area contributed by atoms with Gasteiger partial charge in [0.1, 0.15) is 18.1 Å². The van der Waals surface area contributed by atoms with Gasteiger partial charge in [-0.25, -0.2) is 14.8 Å². The Hall–Kier alpha value is -4.19. The first-order chi connectivity index (χ1) is 16.5. The highest BCUT2D eigenvalue weighted by Crippen LogP contribution is 2.19. The van der Waals surface area contributed by atoms with Gasteiger partial charge in [-0.1, -0.05) is 0 Å². The molecule has 4 heterocycles. The smallest absolute Gasteiger partial charge is 0.330 e. The largest absolute Gasteiger partial charge is 0.497 e. The van der Waals surface area contributed by atoms with Crippen molar-refractivity contribution in [2.75, 3.05) is 12.4 Å². The third-order valence-electron chi connectivity index (χ3n) is 5.44. The van der Waals surface area contributed by atoms with Crippen LogP contribution in [-0.4, -0.2) is 41.5 Å². The summed E-state index contributed by atoms with van der Waals surface area (Å²) in [5, 5.41) is 4.76. The fourth-order valence-corrected chi connectivity index (χ4v) is 4.58. The lowest BCUT2D eigenvalue weighted by Gasteiger charge is -2.10. The number of aromatic amines is 1. The number of nitrogens with zero attached hydrogens (tertiary/aromatic N) is 5. The summed E-state index contributed by atoms with van der Waals surface area (Å²) in [6.07, 6.45) is 4.07. The number of carbonyl (C=O) groups is 1. The predicted octanol–water partition coefficient (Wildman–Crippen LogP) is 1.85. The van der Waals surface area contributed by atoms with Crippen molar-refractivity contribution in [3.63, 3.8) is 0 Å². The van der Waals surface area contributed by atoms with Crippen molar-refractivity contribution in [1.82, 2.24) is 28.5 Å². The van der Waals surface area contributed by atoms with Gasteiger partial charge in [-0.3, -0.25) is 23.5 Å². The van der Waals surface area contributed by atoms with Gasteiger partial charge in [0, 0.05) is 30.0 Å². The zero-order chi connectivity index (χ0) is 23.8. The number of carbonyl (C=O) groups excluding carboxylic acids is 1. The molecule has 1 amide bonds. The molecule has 5 rings (SSSR count). The molecular formula is C22H21N7O4S. The third kappa shape index (κ3) is 3.88. The molecule has 2 N–H and O–H groups in total. The van der Waals surface area contributed by atoms with E-state index in [1.165, 1.54) is 15.9 Å². The highest BCUT2D eigenvalue weighted by molar-refractivity contribution is 7.15. The lowest BCUT2D eigenvalue weighted by Crippen LogP contribution is -2.31. The molecule has 0 radical (unpaired) electrons. The number of imidazole rings is 2. The Morgan fingerprint density at radius 3 is 2.68 bits per heavy atom. The first-order valence-electron chi connectivity index (χ1n) is 10.5. The van der Waals surface area contributed by atoms with E-state index in [-0.39, 0.29) is 30.0 Å². The Morgan fingerprint density at radius 2 is 1.97 bits per heavy atom. The molecule has 5 aromatic rings. The van der Waals surface area contributed by atoms with Crippen molar-refractivity contribution in [3.8, 4) is 5.75 Å². The highest BCUT2D eigenvalue weighted by Gasteiger charge is 2.21. The van der Waals surface area contributed by atoms with E-state index in [0.717, 1.165) is 10.7 Å². The van der Waals surface area contributed by atoms with Crippen LogP contribution in [0.1, 0.15) is 18.4 Å². The molecule has 0 fully saturated rings. The zero-order valence-electron chi connectivity index (χ0n) is 18.4. The van der Waals surface area contributed by atoms with Crippen LogP contribution in [0.2, 0.25) is 0 Å². The topological polar surface area (TPSA) is 128 Å². The van der Waals surface area contributed by atoms with Crippen LogP contribution in [0.15, 0.2) is 51.6 Å². The van der Waals surface area contributed by atoms with E-state index >= 15 is 0 Å². The van der Waals surface area contributed by atoms with Gasteiger partial charge >= 0.3 is 5.69 Å². The zero-order valence-corrected chi connectivity index (χ0v) is 19.3. The van der Waals surface area contributed by atoms with Crippen LogP contribution in [0, 0.1) is 0 Å². The number of anilines is 1. The summed E-state index contributed by atoms with van der Waals surface area (Å²) < 4.78 is 9.97. The maximum Gasteiger partial charge on any atom is 0.330 e. The Bertz CT molecular complexity index is 1590. The molecule has 0 aliphatic carbocycles. The van der Waals surface area contributed by atoms with Gasteiger partial charge in [0.2, 0.25) is 5.91 Å². The molecule has 0 unspecified atom stereocenters. The fourth-order valence-electron chi connectivity index (χ4n) is 3.86. The summed E-state index contributed by atoms with van der Waals surface area (Å²) in [4.78, 5) is 50.4. The molecule has 4 aromatic heterocycles. The second-order valence-corrected chi connectivity index (χ2v) is 8.44. The van der Waals surface area contributed by atoms with Crippen LogP contribution in [0.3, 0.4) is 0 Å². The number of thiazole rings is 1. The molecule has 0 aliphatic rings. The van der Waals surface area contributed by atoms with Gasteiger partial charge in [0.25, 0.3) is 5.56 Å². The summed E-state index contributed by atoms with van der Waals surface area (Å²) in [5.41, 5.74) is 0.603. The molecule has 174 valence electrons. The summed E-state index contributed by atoms with van der Waals surface area (Å²) in [5.74, 6) is 0.791. The summed E-state index contributed by atoms with van der Waals surface area (Å²) in [6, 6.07) is 6.93. The second kappa shape index (κ2) is 8.63. The summed E-state index contributed by atoms with van der Waals surface area (Å²) in [7, 11) is 1.57. The van der Waals surface area contributed by atoms with E-state index in [1.54, 1.807) is 42.9 Å². The number of rotatable bonds is 7. The average Bonchev–Trinajstić information content (AvgIpc) is 3.49. The predicted molar refractivity (Wildman–Crippen MR) is 128 cm³/mol. The van der Waals surface area contributed by atoms with Crippen molar-refractivity contribution in [2.24, 2.45) is 0 Å². The van der Waals surface area contributed by atoms with Crippen molar-refractivity contribution in [3.05, 3.63) is 74.4 Å². The van der Waals surface area contributed by atoms with E-state index in [4.69, 9.17) is 4.74 Å². The molecule has 12 heteroatoms. The molecule has 0 saturated carbocycles. The molecule has 0 bridgehead atoms. The van der Waals surface area contributed by atoms with Crippen LogP contribution in [0.25, 0.3) is 16.1 Å². The minimum absolute atomic E-state index is 0.162. The van der Waals surface area contributed by atoms with Crippen LogP contribution < -0.4 is 21.3 Å². The number of H-pyrrole nitrogens is 1. The molecule has 0 atom stereocenters. The maximum atomic E-state index is 12.9. The Kier molecular flexibility index (Phi) is 5.49. The second-order valence-electron chi connectivity index (χ2n) is 7.57. The maximum absolute atomic E-state index is 12.9. The molecule has 0 aliphatic heterocycles. The number of nitrogens with one attached hydrogen (secondary N) is 2. The Labute approximate surface area is 196 Å². The Morgan fingerprint density at radius 1 is 1.18 bits per heavy atom. The lowest BCUT2D eigenvalue weighted by molar-refractivity contribution is -0.116. The molecule has 1 aromatic carbocycles. The first-order valence-corrected chi connectivity index (χ1v) is 11.4. The minimum atomic E-state index is -0.591. The van der Waals surface area contributed by atoms with Gasteiger partial charge in [0.05, 0.1) is 19.2 Å². The van der Waals surface area contributed by atoms with Gasteiger partial charge in [-0.2, -0.15) is 0 Å². The number of aryl methyl sites for hydroxylation is 1. The van der Waals surface area contributed by atoms with Gasteiger partial charge in [0.15, 0.2) is 16.1 Å². The van der Waals surface area contributed by atoms with Crippen molar-refractivity contribution in [2.45, 2.75) is 26.4 Å². The number of hydrogen-bond acceptors (Lipinski definition) is 7. The number of methoxy groups -OCH3 is 1. The fraction of sp³-hybridized carbons (Fsp3) is 0.227. The SMILES string of the molecule is CCn1c(=O)[nH]c(=O)c2c1nc(Cc1cn3ccsc3n1)n2CC(=O)Nc1ccc(OC)cc1. The highest BCUT2D eigenvalue weighted by atomic mass is 32.1. The Balaban J connectivity index is 1.55. The van der Waals surface area contributed by atoms with Crippen LogP contribution in [0.4, 0.5) is 5.69 Å². The number of benzene rings is 1. The van der Waals surface area contributed by atoms with Gasteiger partial charge < -0.3 is 14.6 Å². The minimum Gasteiger partial charge on any atom is -0.497 e. The quantitative estimate of drug-likeness (QED) is 0.367. The number of ether oxygens (including phenoxy) is 1. The number of amides is 1. The normalized spacial score (nSPS) is 11.4. The molecule has 11 nitrogen and oxygen atoms in total. The van der Waals surface area contributed by atoms with Gasteiger partial charge in [-0.15, -0.1) is 11.3 Å². The van der Waals surface area contributed by atoms with E-state index in [0.29, 0.717) is 23.8 Å². The van der Waals surface area contributed by atoms with Crippen molar-refractivity contribution >= 4 is 39.1 Å². The molecule has 34 heavy (non-hydrogen) atoms. The van der Waals surface area contributed by atoms with Crippen LogP contribution >= 0.6 is 11.3 Å². The van der Waals surface area contributed by atoms with Crippen molar-refractivity contribution < 1.29 is 9.53 Å². The standard InChI is InChI=1S/C22H21N7O4S/c1-3-28-19-18(20(31)26-21(28)32)29(12-17(30)23-13-4-6-15(33-2)7-5-13)16(25-19)10-14-11-27-8-9-34-22(27)24-14/h4-9,11H,3,10,12H2,1-2H3,(H,23,30)(H,26,31,32). The molecular weight excluding hydrogens is 458 g/mol. The third-order valence-corrected chi connectivity index (χ3v) is 6.21. The van der Waals surface area contributed by atoms with Crippen LogP contribution in [-0.2, 0) is 24.3 Å². The van der Waals surface area contributed by atoms with E-state index in [1.807, 2.05) is 22.2 Å². The number of aromatic nitrogens is 6. The van der Waals surface area contributed by atoms with E-state index in [2.05, 4.69) is 20.3 Å². The number of fused-ring (bicyclic) bond motifs is 2. The van der Waals surface area contributed by atoms with E-state index in [9.17, 15) is 14.4 Å². The summed E-state index contributed by atoms with van der Waals surface area (Å²) in [6.45, 7) is 1.95. The monoisotopic (exact) mass is 479 g/mol. The molecule has 0 spiro atoms. The number of hydrogen-bond donors (Lipinski definition) is 2. The average molecular weight is 480 g/mol. The van der Waals surface area contributed by atoms with Crippen molar-refractivity contribution in [1.29, 1.82) is 0 Å². The summed E-state index contributed by atoms with van der Waals surface area (Å²) >= 11 is 1.50. The first kappa shape index (κ1) is 21.6. The molecule has 0 saturated heterocycles.